The van der Waals surface area contributed by atoms with Crippen LogP contribution in [0.5, 0.6) is 0 Å². The number of hydrogen-bond acceptors (Lipinski definition) is 2. The number of hydrogen-bond donors (Lipinski definition) is 1. The van der Waals surface area contributed by atoms with Crippen LogP contribution in [0.15, 0.2) is 40.9 Å². The highest BCUT2D eigenvalue weighted by Gasteiger charge is 2.14. The molecule has 0 aliphatic carbocycles. The molecule has 2 nitrogen and oxygen atoms in total. The van der Waals surface area contributed by atoms with E-state index in [9.17, 15) is 4.39 Å². The molecule has 0 aliphatic heterocycles. The van der Waals surface area contributed by atoms with Crippen LogP contribution >= 0.6 is 15.9 Å². The predicted octanol–water partition coefficient (Wildman–Crippen LogP) is 4.58. The molecule has 1 aromatic carbocycles. The van der Waals surface area contributed by atoms with Gasteiger partial charge in [-0.25, -0.2) is 4.39 Å². The molecule has 1 atom stereocenters. The van der Waals surface area contributed by atoms with Gasteiger partial charge in [-0.1, -0.05) is 28.9 Å². The second kappa shape index (κ2) is 7.66. The summed E-state index contributed by atoms with van der Waals surface area (Å²) in [6, 6.07) is 11.1. The molecule has 0 saturated heterocycles. The van der Waals surface area contributed by atoms with Crippen LogP contribution in [-0.2, 0) is 6.42 Å². The van der Waals surface area contributed by atoms with Crippen molar-refractivity contribution in [1.29, 1.82) is 0 Å². The molecule has 1 heterocycles. The zero-order valence-corrected chi connectivity index (χ0v) is 14.0. The maximum Gasteiger partial charge on any atom is 0.124 e. The zero-order chi connectivity index (χ0) is 15.2. The van der Waals surface area contributed by atoms with E-state index in [1.54, 1.807) is 6.07 Å². The largest absolute Gasteiger partial charge is 0.308 e. The summed E-state index contributed by atoms with van der Waals surface area (Å²) in [5, 5.41) is 3.50. The third-order valence-corrected chi connectivity index (χ3v) is 3.73. The summed E-state index contributed by atoms with van der Waals surface area (Å²) in [4.78, 5) is 4.60. The van der Waals surface area contributed by atoms with Crippen LogP contribution in [-0.4, -0.2) is 11.5 Å². The molecule has 21 heavy (non-hydrogen) atoms. The molecule has 1 N–H and O–H groups in total. The Morgan fingerprint density at radius 1 is 1.29 bits per heavy atom. The molecule has 4 heteroatoms. The van der Waals surface area contributed by atoms with Gasteiger partial charge in [-0.15, -0.1) is 0 Å². The molecule has 0 amide bonds. The highest BCUT2D eigenvalue weighted by atomic mass is 79.9. The third-order valence-electron chi connectivity index (χ3n) is 3.27. The quantitative estimate of drug-likeness (QED) is 0.824. The minimum atomic E-state index is -0.217. The molecule has 112 valence electrons. The van der Waals surface area contributed by atoms with Crippen LogP contribution in [0.1, 0.15) is 36.3 Å². The number of nitrogens with zero attached hydrogens (tertiary/aromatic N) is 1. The van der Waals surface area contributed by atoms with E-state index in [0.29, 0.717) is 6.42 Å². The van der Waals surface area contributed by atoms with Crippen molar-refractivity contribution in [2.45, 2.75) is 32.7 Å². The molecular formula is C17H20BrFN2. The van der Waals surface area contributed by atoms with Gasteiger partial charge in [0.05, 0.1) is 11.7 Å². The smallest absolute Gasteiger partial charge is 0.124 e. The molecular weight excluding hydrogens is 331 g/mol. The SMILES string of the molecule is CCCNC(Cc1cc(F)cc(Br)c1)c1cccc(C)n1. The number of aryl methyl sites for hydroxylation is 1. The summed E-state index contributed by atoms with van der Waals surface area (Å²) < 4.78 is 14.3. The van der Waals surface area contributed by atoms with Crippen molar-refractivity contribution in [1.82, 2.24) is 10.3 Å². The minimum Gasteiger partial charge on any atom is -0.308 e. The van der Waals surface area contributed by atoms with Gasteiger partial charge < -0.3 is 5.32 Å². The van der Waals surface area contributed by atoms with Gasteiger partial charge >= 0.3 is 0 Å². The summed E-state index contributed by atoms with van der Waals surface area (Å²) >= 11 is 3.35. The van der Waals surface area contributed by atoms with E-state index in [-0.39, 0.29) is 11.9 Å². The first-order chi connectivity index (χ1) is 10.1. The fraction of sp³-hybridized carbons (Fsp3) is 0.353. The Labute approximate surface area is 133 Å². The van der Waals surface area contributed by atoms with Gasteiger partial charge in [0.25, 0.3) is 0 Å². The average Bonchev–Trinajstić information content (AvgIpc) is 2.42. The van der Waals surface area contributed by atoms with Crippen molar-refractivity contribution in [3.05, 3.63) is 63.6 Å². The molecule has 0 saturated carbocycles. The number of pyridine rings is 1. The summed E-state index contributed by atoms with van der Waals surface area (Å²) in [6.07, 6.45) is 1.77. The summed E-state index contributed by atoms with van der Waals surface area (Å²) in [5.74, 6) is -0.217. The Bertz CT molecular complexity index is 581. The van der Waals surface area contributed by atoms with Crippen molar-refractivity contribution < 1.29 is 4.39 Å². The first-order valence-corrected chi connectivity index (χ1v) is 7.99. The van der Waals surface area contributed by atoms with E-state index in [0.717, 1.165) is 34.4 Å². The summed E-state index contributed by atoms with van der Waals surface area (Å²) in [7, 11) is 0. The minimum absolute atomic E-state index is 0.0959. The number of aromatic nitrogens is 1. The van der Waals surface area contributed by atoms with E-state index >= 15 is 0 Å². The maximum absolute atomic E-state index is 13.5. The van der Waals surface area contributed by atoms with Gasteiger partial charge in [-0.2, -0.15) is 0 Å². The van der Waals surface area contributed by atoms with Gasteiger partial charge in [0, 0.05) is 10.2 Å². The van der Waals surface area contributed by atoms with Gasteiger partial charge in [-0.05, 0) is 62.2 Å². The second-order valence-electron chi connectivity index (χ2n) is 5.19. The van der Waals surface area contributed by atoms with Gasteiger partial charge in [-0.3, -0.25) is 4.98 Å². The lowest BCUT2D eigenvalue weighted by Crippen LogP contribution is -2.25. The fourth-order valence-electron chi connectivity index (χ4n) is 2.32. The summed E-state index contributed by atoms with van der Waals surface area (Å²) in [6.45, 7) is 5.03. The lowest BCUT2D eigenvalue weighted by atomic mass is 10.0. The molecule has 0 aliphatic rings. The standard InChI is InChI=1S/C17H20BrFN2/c1-3-7-20-17(16-6-4-5-12(2)21-16)10-13-8-14(18)11-15(19)9-13/h4-6,8-9,11,17,20H,3,7,10H2,1-2H3. The fourth-order valence-corrected chi connectivity index (χ4v) is 2.84. The zero-order valence-electron chi connectivity index (χ0n) is 12.4. The van der Waals surface area contributed by atoms with Crippen LogP contribution in [0.25, 0.3) is 0 Å². The Morgan fingerprint density at radius 3 is 2.76 bits per heavy atom. The Hall–Kier alpha value is -1.26. The molecule has 0 bridgehead atoms. The van der Waals surface area contributed by atoms with E-state index in [1.807, 2.05) is 31.2 Å². The lowest BCUT2D eigenvalue weighted by molar-refractivity contribution is 0.515. The molecule has 1 aromatic heterocycles. The van der Waals surface area contributed by atoms with Crippen molar-refractivity contribution >= 4 is 15.9 Å². The van der Waals surface area contributed by atoms with Gasteiger partial charge in [0.2, 0.25) is 0 Å². The second-order valence-corrected chi connectivity index (χ2v) is 6.11. The monoisotopic (exact) mass is 350 g/mol. The van der Waals surface area contributed by atoms with Crippen molar-refractivity contribution in [2.24, 2.45) is 0 Å². The van der Waals surface area contributed by atoms with Crippen LogP contribution in [0.3, 0.4) is 0 Å². The van der Waals surface area contributed by atoms with Crippen molar-refractivity contribution in [3.8, 4) is 0 Å². The average molecular weight is 351 g/mol. The number of nitrogens with one attached hydrogen (secondary N) is 1. The number of rotatable bonds is 6. The number of benzene rings is 1. The Balaban J connectivity index is 2.23. The molecule has 0 spiro atoms. The third kappa shape index (κ3) is 4.90. The first-order valence-electron chi connectivity index (χ1n) is 7.20. The first kappa shape index (κ1) is 16.1. The highest BCUT2D eigenvalue weighted by Crippen LogP contribution is 2.21. The number of halogens is 2. The van der Waals surface area contributed by atoms with E-state index in [2.05, 4.69) is 33.2 Å². The molecule has 2 aromatic rings. The van der Waals surface area contributed by atoms with Crippen LogP contribution < -0.4 is 5.32 Å². The Morgan fingerprint density at radius 2 is 2.10 bits per heavy atom. The molecule has 0 fully saturated rings. The van der Waals surface area contributed by atoms with Gasteiger partial charge in [0.1, 0.15) is 5.82 Å². The molecule has 1 unspecified atom stereocenters. The van der Waals surface area contributed by atoms with Crippen LogP contribution in [0.2, 0.25) is 0 Å². The van der Waals surface area contributed by atoms with E-state index in [1.165, 1.54) is 6.07 Å². The van der Waals surface area contributed by atoms with Gasteiger partial charge in [0.15, 0.2) is 0 Å². The predicted molar refractivity (Wildman–Crippen MR) is 87.8 cm³/mol. The van der Waals surface area contributed by atoms with Crippen LogP contribution in [0.4, 0.5) is 4.39 Å². The normalized spacial score (nSPS) is 12.4. The molecule has 0 radical (unpaired) electrons. The maximum atomic E-state index is 13.5. The topological polar surface area (TPSA) is 24.9 Å². The molecule has 2 rings (SSSR count). The Kier molecular flexibility index (Phi) is 5.88. The lowest BCUT2D eigenvalue weighted by Gasteiger charge is -2.19. The van der Waals surface area contributed by atoms with E-state index in [4.69, 9.17) is 0 Å². The van der Waals surface area contributed by atoms with Crippen molar-refractivity contribution in [3.63, 3.8) is 0 Å². The van der Waals surface area contributed by atoms with Crippen molar-refractivity contribution in [2.75, 3.05) is 6.54 Å². The van der Waals surface area contributed by atoms with E-state index < -0.39 is 0 Å². The highest BCUT2D eigenvalue weighted by molar-refractivity contribution is 9.10. The summed E-state index contributed by atoms with van der Waals surface area (Å²) in [5.41, 5.74) is 2.96. The van der Waals surface area contributed by atoms with Crippen LogP contribution in [0, 0.1) is 12.7 Å².